The van der Waals surface area contributed by atoms with Gasteiger partial charge in [0.1, 0.15) is 12.6 Å². The molecule has 0 N–H and O–H groups in total. The maximum Gasteiger partial charge on any atom is 0.112 e. The van der Waals surface area contributed by atoms with Crippen LogP contribution in [0.4, 0.5) is 5.69 Å². The summed E-state index contributed by atoms with van der Waals surface area (Å²) in [5.74, 6) is 0.873. The molecule has 0 amide bonds. The molecule has 2 aliphatic carbocycles. The summed E-state index contributed by atoms with van der Waals surface area (Å²) >= 11 is 0. The second kappa shape index (κ2) is 12.6. The molecule has 0 fully saturated rings. The van der Waals surface area contributed by atoms with E-state index in [4.69, 9.17) is 0 Å². The zero-order chi connectivity index (χ0) is 28.0. The average Bonchev–Trinajstić information content (AvgIpc) is 3.75. The van der Waals surface area contributed by atoms with E-state index < -0.39 is 0 Å². The minimum atomic E-state index is 0.654. The van der Waals surface area contributed by atoms with Crippen LogP contribution in [0, 0.1) is 5.92 Å². The summed E-state index contributed by atoms with van der Waals surface area (Å²) in [4.78, 5) is 4.17. The van der Waals surface area contributed by atoms with Crippen LogP contribution >= 0.6 is 0 Å². The average molecular weight is 528 g/mol. The van der Waals surface area contributed by atoms with Crippen molar-refractivity contribution in [3.63, 3.8) is 0 Å². The Balaban J connectivity index is 0.000000108. The largest absolute Gasteiger partial charge is 0.319 e. The molecule has 2 nitrogen and oxygen atoms in total. The van der Waals surface area contributed by atoms with Crippen molar-refractivity contribution in [1.29, 1.82) is 0 Å². The first-order chi connectivity index (χ1) is 19.4. The lowest BCUT2D eigenvalue weighted by atomic mass is 10.1. The van der Waals surface area contributed by atoms with Gasteiger partial charge in [-0.05, 0) is 66.0 Å². The van der Waals surface area contributed by atoms with Gasteiger partial charge in [0.25, 0.3) is 0 Å². The van der Waals surface area contributed by atoms with Gasteiger partial charge in [-0.2, -0.15) is 0 Å². The van der Waals surface area contributed by atoms with E-state index >= 15 is 0 Å². The van der Waals surface area contributed by atoms with Gasteiger partial charge in [-0.25, -0.2) is 0 Å². The predicted octanol–water partition coefficient (Wildman–Crippen LogP) is 8.96. The number of rotatable bonds is 0. The van der Waals surface area contributed by atoms with Crippen molar-refractivity contribution in [1.82, 2.24) is 0 Å². The third kappa shape index (κ3) is 6.69. The third-order valence-corrected chi connectivity index (χ3v) is 8.61. The van der Waals surface area contributed by atoms with Crippen LogP contribution in [0.1, 0.15) is 58.8 Å². The highest BCUT2D eigenvalue weighted by molar-refractivity contribution is 5.75. The van der Waals surface area contributed by atoms with Crippen molar-refractivity contribution in [3.05, 3.63) is 142 Å². The van der Waals surface area contributed by atoms with Crippen molar-refractivity contribution in [2.24, 2.45) is 10.9 Å². The van der Waals surface area contributed by atoms with Gasteiger partial charge in [-0.15, -0.1) is 0 Å². The highest BCUT2D eigenvalue weighted by Gasteiger charge is 2.34. The minimum absolute atomic E-state index is 0.654. The molecule has 0 bridgehead atoms. The van der Waals surface area contributed by atoms with E-state index in [1.54, 1.807) is 11.1 Å². The molecular weight excluding hydrogens is 484 g/mol. The molecule has 2 heterocycles. The van der Waals surface area contributed by atoms with Crippen LogP contribution in [-0.4, -0.2) is 24.8 Å². The Bertz CT molecular complexity index is 1410. The maximum absolute atomic E-state index is 4.17. The molecule has 0 saturated heterocycles. The van der Waals surface area contributed by atoms with Gasteiger partial charge in [0.05, 0.1) is 19.8 Å². The van der Waals surface area contributed by atoms with Gasteiger partial charge >= 0.3 is 0 Å². The number of fused-ring (bicyclic) bond motifs is 4. The van der Waals surface area contributed by atoms with Crippen molar-refractivity contribution >= 4 is 18.0 Å². The monoisotopic (exact) mass is 527 g/mol. The number of hydrogen-bond acceptors (Lipinski definition) is 1. The van der Waals surface area contributed by atoms with E-state index in [0.717, 1.165) is 28.9 Å². The second-order valence-corrected chi connectivity index (χ2v) is 12.0. The van der Waals surface area contributed by atoms with E-state index in [2.05, 4.69) is 124 Å². The van der Waals surface area contributed by atoms with E-state index in [1.807, 2.05) is 24.4 Å². The fraction of sp³-hybridized carbons (Fsp3) is 0.289. The fourth-order valence-electron chi connectivity index (χ4n) is 6.06. The van der Waals surface area contributed by atoms with Crippen LogP contribution < -0.4 is 0 Å². The number of hydrogen-bond donors (Lipinski definition) is 0. The topological polar surface area (TPSA) is 12.4 Å². The van der Waals surface area contributed by atoms with Crippen molar-refractivity contribution in [2.75, 3.05) is 14.1 Å². The van der Waals surface area contributed by atoms with E-state index in [0.29, 0.717) is 6.04 Å². The van der Waals surface area contributed by atoms with Crippen molar-refractivity contribution < 1.29 is 4.48 Å². The Morgan fingerprint density at radius 2 is 1.20 bits per heavy atom. The Morgan fingerprint density at radius 3 is 1.85 bits per heavy atom. The maximum atomic E-state index is 4.17. The van der Waals surface area contributed by atoms with Gasteiger partial charge in [-0.3, -0.25) is 4.99 Å². The Hall–Kier alpha value is -3.75. The van der Waals surface area contributed by atoms with Crippen LogP contribution in [0.15, 0.2) is 108 Å². The molecule has 1 atom stereocenters. The van der Waals surface area contributed by atoms with Gasteiger partial charge < -0.3 is 4.48 Å². The standard InChI is InChI=1S/C11H16N.C10H12.C9H8.C8H7N/c1-9-11-7-5-4-6-10(11)8-12(9,2)3;1-8-6-9-4-2-3-5-10(9)7-8;1-2-5-9-7-3-6-8(9)4-1;1-2-4-8-7(3-1)5-6-9-8/h4-7,9H,8H2,1-3H3;2-5,8H,6-7H2,1H3;1-6H,7H2;1-4,6H,5H2/q+1;;;. The number of para-hydroxylation sites is 1. The Morgan fingerprint density at radius 1 is 0.625 bits per heavy atom. The number of nitrogens with zero attached hydrogens (tertiary/aromatic N) is 2. The quantitative estimate of drug-likeness (QED) is 0.202. The van der Waals surface area contributed by atoms with Gasteiger partial charge in [0.15, 0.2) is 0 Å². The molecular formula is C38H43N2+. The summed E-state index contributed by atoms with van der Waals surface area (Å²) in [7, 11) is 4.59. The summed E-state index contributed by atoms with van der Waals surface area (Å²) in [6.45, 7) is 5.81. The highest BCUT2D eigenvalue weighted by atomic mass is 15.3. The molecule has 0 aromatic heterocycles. The lowest BCUT2D eigenvalue weighted by molar-refractivity contribution is -0.925. The van der Waals surface area contributed by atoms with E-state index in [9.17, 15) is 0 Å². The van der Waals surface area contributed by atoms with Gasteiger partial charge in [0, 0.05) is 23.8 Å². The number of quaternary nitrogens is 1. The second-order valence-electron chi connectivity index (χ2n) is 12.0. The van der Waals surface area contributed by atoms with Crippen LogP contribution in [0.2, 0.25) is 0 Å². The zero-order valence-electron chi connectivity index (χ0n) is 24.6. The molecule has 40 heavy (non-hydrogen) atoms. The zero-order valence-corrected chi connectivity index (χ0v) is 24.6. The van der Waals surface area contributed by atoms with Crippen LogP contribution in [-0.2, 0) is 32.2 Å². The number of benzene rings is 4. The molecule has 4 aromatic carbocycles. The van der Waals surface area contributed by atoms with Gasteiger partial charge in [-0.1, -0.05) is 110 Å². The molecule has 2 heteroatoms. The normalized spacial score (nSPS) is 18.1. The van der Waals surface area contributed by atoms with Crippen LogP contribution in [0.25, 0.3) is 6.08 Å². The first kappa shape index (κ1) is 27.8. The molecule has 4 aromatic rings. The Kier molecular flexibility index (Phi) is 8.77. The summed E-state index contributed by atoms with van der Waals surface area (Å²) < 4.78 is 1.10. The molecule has 1 unspecified atom stereocenters. The molecule has 0 spiro atoms. The summed E-state index contributed by atoms with van der Waals surface area (Å²) in [5, 5.41) is 0. The summed E-state index contributed by atoms with van der Waals surface area (Å²) in [5.41, 5.74) is 11.5. The molecule has 0 saturated carbocycles. The molecule has 0 radical (unpaired) electrons. The van der Waals surface area contributed by atoms with Crippen molar-refractivity contribution in [3.8, 4) is 0 Å². The van der Waals surface area contributed by atoms with E-state index in [-0.39, 0.29) is 0 Å². The van der Waals surface area contributed by atoms with Crippen LogP contribution in [0.3, 0.4) is 0 Å². The van der Waals surface area contributed by atoms with E-state index in [1.165, 1.54) is 47.2 Å². The first-order valence-electron chi connectivity index (χ1n) is 14.7. The molecule has 2 aliphatic heterocycles. The van der Waals surface area contributed by atoms with Crippen molar-refractivity contribution in [2.45, 2.75) is 52.1 Å². The SMILES string of the molecule is C1=Cc2ccccc2C1.C1=Nc2ccccc2C1.CC1Cc2ccccc2C1.CC1c2ccccc2C[N+]1(C)C. The number of aliphatic imine (C=N–C) groups is 1. The summed E-state index contributed by atoms with van der Waals surface area (Å²) in [6, 6.07) is 34.9. The molecule has 204 valence electrons. The smallest absolute Gasteiger partial charge is 0.112 e. The first-order valence-corrected chi connectivity index (χ1v) is 14.7. The van der Waals surface area contributed by atoms with Crippen LogP contribution in [0.5, 0.6) is 0 Å². The molecule has 8 rings (SSSR count). The number of allylic oxidation sites excluding steroid dienone is 1. The molecule has 4 aliphatic rings. The summed E-state index contributed by atoms with van der Waals surface area (Å²) in [6.07, 6.45) is 11.0. The Labute approximate surface area is 241 Å². The fourth-order valence-corrected chi connectivity index (χ4v) is 6.06. The minimum Gasteiger partial charge on any atom is -0.319 e. The third-order valence-electron chi connectivity index (χ3n) is 8.61. The van der Waals surface area contributed by atoms with Gasteiger partial charge in [0.2, 0.25) is 0 Å². The lowest BCUT2D eigenvalue weighted by Gasteiger charge is -2.29. The lowest BCUT2D eigenvalue weighted by Crippen LogP contribution is -2.35. The predicted molar refractivity (Wildman–Crippen MR) is 171 cm³/mol. The highest BCUT2D eigenvalue weighted by Crippen LogP contribution is 2.36.